The van der Waals surface area contributed by atoms with Crippen LogP contribution in [0.3, 0.4) is 0 Å². The lowest BCUT2D eigenvalue weighted by Gasteiger charge is -2.08. The fraction of sp³-hybridized carbons (Fsp3) is 0.250. The van der Waals surface area contributed by atoms with Gasteiger partial charge < -0.3 is 19.3 Å². The van der Waals surface area contributed by atoms with Crippen molar-refractivity contribution in [2.75, 3.05) is 19.5 Å². The van der Waals surface area contributed by atoms with Crippen LogP contribution in [0.15, 0.2) is 35.0 Å². The molecule has 0 aliphatic rings. The maximum absolute atomic E-state index is 11.6. The zero-order valence-electron chi connectivity index (χ0n) is 13.3. The van der Waals surface area contributed by atoms with Crippen LogP contribution < -0.4 is 5.32 Å². The number of carbonyl (C=O) groups excluding carboxylic acids is 1. The number of hydrogen-bond donors (Lipinski definition) is 1. The first kappa shape index (κ1) is 15.9. The van der Waals surface area contributed by atoms with E-state index in [1.54, 1.807) is 13.2 Å². The van der Waals surface area contributed by atoms with Crippen LogP contribution in [0.4, 0.5) is 5.69 Å². The van der Waals surface area contributed by atoms with Gasteiger partial charge in [0.25, 0.3) is 0 Å². The van der Waals surface area contributed by atoms with E-state index in [-0.39, 0.29) is 0 Å². The second-order valence-electron chi connectivity index (χ2n) is 4.98. The topological polar surface area (TPSA) is 99.4 Å². The fourth-order valence-electron chi connectivity index (χ4n) is 2.25. The van der Waals surface area contributed by atoms with Crippen molar-refractivity contribution in [3.05, 3.63) is 47.7 Å². The lowest BCUT2D eigenvalue weighted by molar-refractivity contribution is 0.0600. The average Bonchev–Trinajstić information content (AvgIpc) is 3.06. The number of rotatable bonds is 6. The molecule has 124 valence electrons. The Kier molecular flexibility index (Phi) is 4.66. The van der Waals surface area contributed by atoms with E-state index in [0.29, 0.717) is 30.4 Å². The van der Waals surface area contributed by atoms with Crippen molar-refractivity contribution in [3.8, 4) is 0 Å². The van der Waals surface area contributed by atoms with Crippen molar-refractivity contribution in [1.82, 2.24) is 15.1 Å². The van der Waals surface area contributed by atoms with Crippen LogP contribution >= 0.6 is 0 Å². The predicted octanol–water partition coefficient (Wildman–Crippen LogP) is 2.16. The van der Waals surface area contributed by atoms with Crippen LogP contribution in [0, 0.1) is 0 Å². The lowest BCUT2D eigenvalue weighted by atomic mass is 10.1. The maximum atomic E-state index is 11.6. The van der Waals surface area contributed by atoms with Crippen molar-refractivity contribution >= 4 is 22.6 Å². The van der Waals surface area contributed by atoms with Gasteiger partial charge in [-0.2, -0.15) is 4.98 Å². The quantitative estimate of drug-likeness (QED) is 0.687. The normalized spacial score (nSPS) is 10.8. The highest BCUT2D eigenvalue weighted by atomic mass is 16.5. The third kappa shape index (κ3) is 3.33. The molecule has 0 bridgehead atoms. The number of carbonyl (C=O) groups is 1. The number of hydrogen-bond acceptors (Lipinski definition) is 8. The zero-order chi connectivity index (χ0) is 16.9. The molecule has 0 unspecified atom stereocenters. The Morgan fingerprint density at radius 1 is 1.33 bits per heavy atom. The fourth-order valence-corrected chi connectivity index (χ4v) is 2.25. The van der Waals surface area contributed by atoms with Gasteiger partial charge in [-0.05, 0) is 12.1 Å². The number of aromatic nitrogens is 3. The second-order valence-corrected chi connectivity index (χ2v) is 4.98. The number of methoxy groups -OCH3 is 2. The van der Waals surface area contributed by atoms with E-state index in [2.05, 4.69) is 20.4 Å². The van der Waals surface area contributed by atoms with Crippen molar-refractivity contribution in [3.63, 3.8) is 0 Å². The molecule has 0 atom stereocenters. The van der Waals surface area contributed by atoms with E-state index < -0.39 is 5.97 Å². The number of ether oxygens (including phenoxy) is 2. The summed E-state index contributed by atoms with van der Waals surface area (Å²) in [6.07, 6.45) is 1.49. The molecule has 0 aliphatic carbocycles. The van der Waals surface area contributed by atoms with Gasteiger partial charge in [0.1, 0.15) is 6.61 Å². The van der Waals surface area contributed by atoms with Crippen molar-refractivity contribution in [2.45, 2.75) is 13.2 Å². The number of nitrogens with zero attached hydrogens (tertiary/aromatic N) is 3. The standard InChI is InChI=1S/C16H16N4O4/c1-22-9-13-19-14(24-20-13)8-17-12-5-3-4-10-6-11(16(21)23-2)7-18-15(10)12/h3-7,17H,8-9H2,1-2H3. The van der Waals surface area contributed by atoms with Crippen LogP contribution in [0.2, 0.25) is 0 Å². The van der Waals surface area contributed by atoms with Crippen LogP contribution in [-0.2, 0) is 22.6 Å². The average molecular weight is 328 g/mol. The Hall–Kier alpha value is -3.00. The van der Waals surface area contributed by atoms with Gasteiger partial charge in [-0.15, -0.1) is 0 Å². The number of anilines is 1. The molecule has 0 spiro atoms. The summed E-state index contributed by atoms with van der Waals surface area (Å²) < 4.78 is 14.8. The summed E-state index contributed by atoms with van der Waals surface area (Å²) in [5, 5.41) is 7.84. The Labute approximate surface area is 137 Å². The Bertz CT molecular complexity index is 862. The Balaban J connectivity index is 1.80. The SMILES string of the molecule is COCc1noc(CNc2cccc3cc(C(=O)OC)cnc23)n1. The molecule has 1 N–H and O–H groups in total. The van der Waals surface area contributed by atoms with Crippen LogP contribution in [0.5, 0.6) is 0 Å². The molecule has 0 amide bonds. The molecule has 8 nitrogen and oxygen atoms in total. The van der Waals surface area contributed by atoms with Crippen molar-refractivity contribution in [1.29, 1.82) is 0 Å². The van der Waals surface area contributed by atoms with E-state index in [1.165, 1.54) is 13.3 Å². The minimum absolute atomic E-state index is 0.301. The maximum Gasteiger partial charge on any atom is 0.339 e. The van der Waals surface area contributed by atoms with Gasteiger partial charge in [0.05, 0.1) is 30.4 Å². The van der Waals surface area contributed by atoms with Gasteiger partial charge in [-0.3, -0.25) is 4.98 Å². The highest BCUT2D eigenvalue weighted by Crippen LogP contribution is 2.22. The summed E-state index contributed by atoms with van der Waals surface area (Å²) in [4.78, 5) is 20.1. The smallest absolute Gasteiger partial charge is 0.339 e. The summed E-state index contributed by atoms with van der Waals surface area (Å²) in [6.45, 7) is 0.659. The van der Waals surface area contributed by atoms with E-state index in [4.69, 9.17) is 14.0 Å². The van der Waals surface area contributed by atoms with Crippen LogP contribution in [0.1, 0.15) is 22.1 Å². The highest BCUT2D eigenvalue weighted by Gasteiger charge is 2.10. The van der Waals surface area contributed by atoms with E-state index in [0.717, 1.165) is 16.6 Å². The van der Waals surface area contributed by atoms with Gasteiger partial charge in [0.2, 0.25) is 5.89 Å². The molecule has 3 rings (SSSR count). The molecule has 0 radical (unpaired) electrons. The number of esters is 1. The monoisotopic (exact) mass is 328 g/mol. The van der Waals surface area contributed by atoms with E-state index in [9.17, 15) is 4.79 Å². The highest BCUT2D eigenvalue weighted by molar-refractivity contribution is 5.97. The lowest BCUT2D eigenvalue weighted by Crippen LogP contribution is -2.04. The molecule has 2 heterocycles. The number of pyridine rings is 1. The number of benzene rings is 1. The zero-order valence-corrected chi connectivity index (χ0v) is 13.3. The molecule has 0 aliphatic heterocycles. The first-order valence-corrected chi connectivity index (χ1v) is 7.22. The Morgan fingerprint density at radius 3 is 3.00 bits per heavy atom. The van der Waals surface area contributed by atoms with Crippen molar-refractivity contribution in [2.24, 2.45) is 0 Å². The summed E-state index contributed by atoms with van der Waals surface area (Å²) in [7, 11) is 2.91. The third-order valence-electron chi connectivity index (χ3n) is 3.35. The van der Waals surface area contributed by atoms with Crippen LogP contribution in [-0.4, -0.2) is 35.3 Å². The van der Waals surface area contributed by atoms with Crippen molar-refractivity contribution < 1.29 is 18.8 Å². The molecule has 0 saturated carbocycles. The van der Waals surface area contributed by atoms with Gasteiger partial charge in [-0.1, -0.05) is 17.3 Å². The Morgan fingerprint density at radius 2 is 2.21 bits per heavy atom. The van der Waals surface area contributed by atoms with Gasteiger partial charge >= 0.3 is 5.97 Å². The third-order valence-corrected chi connectivity index (χ3v) is 3.35. The minimum atomic E-state index is -0.417. The molecule has 2 aromatic heterocycles. The molecule has 0 fully saturated rings. The largest absolute Gasteiger partial charge is 0.465 e. The number of nitrogens with one attached hydrogen (secondary N) is 1. The molecule has 8 heteroatoms. The molecule has 1 aromatic carbocycles. The molecular formula is C16H16N4O4. The van der Waals surface area contributed by atoms with E-state index >= 15 is 0 Å². The first-order chi connectivity index (χ1) is 11.7. The summed E-state index contributed by atoms with van der Waals surface area (Å²) in [6, 6.07) is 7.38. The minimum Gasteiger partial charge on any atom is -0.465 e. The molecule has 24 heavy (non-hydrogen) atoms. The van der Waals surface area contributed by atoms with Gasteiger partial charge in [0.15, 0.2) is 5.82 Å². The first-order valence-electron chi connectivity index (χ1n) is 7.22. The van der Waals surface area contributed by atoms with E-state index in [1.807, 2.05) is 18.2 Å². The predicted molar refractivity (Wildman–Crippen MR) is 85.4 cm³/mol. The van der Waals surface area contributed by atoms with Gasteiger partial charge in [-0.25, -0.2) is 4.79 Å². The molecular weight excluding hydrogens is 312 g/mol. The number of fused-ring (bicyclic) bond motifs is 1. The summed E-state index contributed by atoms with van der Waals surface area (Å²) in [5.74, 6) is 0.526. The summed E-state index contributed by atoms with van der Waals surface area (Å²) in [5.41, 5.74) is 1.94. The van der Waals surface area contributed by atoms with Crippen LogP contribution in [0.25, 0.3) is 10.9 Å². The summed E-state index contributed by atoms with van der Waals surface area (Å²) >= 11 is 0. The van der Waals surface area contributed by atoms with Gasteiger partial charge in [0, 0.05) is 18.7 Å². The molecule has 0 saturated heterocycles. The molecule has 3 aromatic rings. The number of para-hydroxylation sites is 1. The second kappa shape index (κ2) is 7.05.